The minimum atomic E-state index is 0. The maximum absolute atomic E-state index is 6.02. The summed E-state index contributed by atoms with van der Waals surface area (Å²) in [6.07, 6.45) is 1.70. The number of rotatable bonds is 7. The highest BCUT2D eigenvalue weighted by Gasteiger charge is 2.19. The predicted octanol–water partition coefficient (Wildman–Crippen LogP) is 3.48. The van der Waals surface area contributed by atoms with Crippen LogP contribution in [0.1, 0.15) is 19.2 Å². The van der Waals surface area contributed by atoms with Crippen molar-refractivity contribution in [3.05, 3.63) is 35.2 Å². The van der Waals surface area contributed by atoms with Gasteiger partial charge in [0.25, 0.3) is 0 Å². The Morgan fingerprint density at radius 2 is 2.29 bits per heavy atom. The summed E-state index contributed by atoms with van der Waals surface area (Å²) in [5.41, 5.74) is 0.841. The van der Waals surface area contributed by atoms with Crippen LogP contribution >= 0.6 is 35.6 Å². The largest absolute Gasteiger partial charge is 0.381 e. The number of aromatic nitrogens is 2. The maximum Gasteiger partial charge on any atom is 0.228 e. The van der Waals surface area contributed by atoms with E-state index >= 15 is 0 Å². The Balaban J connectivity index is 0.00000280. The van der Waals surface area contributed by atoms with Gasteiger partial charge in [0.2, 0.25) is 11.7 Å². The van der Waals surface area contributed by atoms with E-state index < -0.39 is 0 Å². The van der Waals surface area contributed by atoms with Gasteiger partial charge >= 0.3 is 0 Å². The van der Waals surface area contributed by atoms with Crippen molar-refractivity contribution in [3.8, 4) is 11.4 Å². The van der Waals surface area contributed by atoms with Crippen LogP contribution in [0, 0.1) is 5.92 Å². The summed E-state index contributed by atoms with van der Waals surface area (Å²) >= 11 is 6.02. The summed E-state index contributed by atoms with van der Waals surface area (Å²) in [4.78, 5) is 11.3. The number of hydrogen-bond donors (Lipinski definition) is 1. The van der Waals surface area contributed by atoms with Crippen LogP contribution in [0.25, 0.3) is 11.4 Å². The van der Waals surface area contributed by atoms with Crippen LogP contribution in [-0.2, 0) is 11.2 Å². The molecule has 1 atom stereocenters. The highest BCUT2D eigenvalue weighted by Crippen LogP contribution is 2.20. The van der Waals surface area contributed by atoms with Gasteiger partial charge in [-0.2, -0.15) is 4.98 Å². The van der Waals surface area contributed by atoms with Crippen LogP contribution < -0.4 is 5.32 Å². The van der Waals surface area contributed by atoms with Crippen LogP contribution in [-0.4, -0.2) is 60.9 Å². The Morgan fingerprint density at radius 1 is 1.43 bits per heavy atom. The lowest BCUT2D eigenvalue weighted by Crippen LogP contribution is -2.41. The summed E-state index contributed by atoms with van der Waals surface area (Å²) in [6, 6.07) is 7.41. The van der Waals surface area contributed by atoms with Crippen LogP contribution in [0.5, 0.6) is 0 Å². The third-order valence-electron chi connectivity index (χ3n) is 4.39. The molecule has 1 aromatic carbocycles. The van der Waals surface area contributed by atoms with Gasteiger partial charge in [0.1, 0.15) is 0 Å². The van der Waals surface area contributed by atoms with Crippen molar-refractivity contribution in [2.45, 2.75) is 19.8 Å². The highest BCUT2D eigenvalue weighted by molar-refractivity contribution is 14.0. The number of nitrogens with zero attached hydrogens (tertiary/aromatic N) is 4. The van der Waals surface area contributed by atoms with Gasteiger partial charge in [0.15, 0.2) is 5.96 Å². The summed E-state index contributed by atoms with van der Waals surface area (Å²) in [5, 5.41) is 8.01. The molecule has 3 rings (SSSR count). The van der Waals surface area contributed by atoms with Crippen molar-refractivity contribution in [1.82, 2.24) is 20.4 Å². The van der Waals surface area contributed by atoms with Gasteiger partial charge in [-0.3, -0.25) is 4.99 Å². The third kappa shape index (κ3) is 6.59. The first kappa shape index (κ1) is 22.9. The van der Waals surface area contributed by atoms with Crippen LogP contribution in [0.3, 0.4) is 0 Å². The number of benzene rings is 1. The Kier molecular flexibility index (Phi) is 9.46. The molecule has 2 heterocycles. The molecule has 154 valence electrons. The molecule has 0 radical (unpaired) electrons. The van der Waals surface area contributed by atoms with Gasteiger partial charge < -0.3 is 19.5 Å². The van der Waals surface area contributed by atoms with E-state index in [1.54, 1.807) is 0 Å². The maximum atomic E-state index is 6.02. The van der Waals surface area contributed by atoms with E-state index in [9.17, 15) is 0 Å². The number of aliphatic imine (C=N–C) groups is 1. The van der Waals surface area contributed by atoms with E-state index in [2.05, 4.69) is 39.3 Å². The molecule has 0 spiro atoms. The molecule has 0 bridgehead atoms. The van der Waals surface area contributed by atoms with Gasteiger partial charge in [0, 0.05) is 49.7 Å². The average molecular weight is 520 g/mol. The summed E-state index contributed by atoms with van der Waals surface area (Å²) in [7, 11) is 2.06. The SMILES string of the molecule is CCNC(=NCCc1nc(-c2cccc(Cl)c2)no1)N(C)CC1CCOC1.I. The van der Waals surface area contributed by atoms with E-state index in [-0.39, 0.29) is 24.0 Å². The topological polar surface area (TPSA) is 75.8 Å². The number of guanidine groups is 1. The molecule has 0 amide bonds. The molecule has 2 aromatic rings. The Bertz CT molecular complexity index is 764. The number of ether oxygens (including phenoxy) is 1. The van der Waals surface area contributed by atoms with Crippen molar-refractivity contribution in [1.29, 1.82) is 0 Å². The monoisotopic (exact) mass is 519 g/mol. The second kappa shape index (κ2) is 11.6. The Morgan fingerprint density at radius 3 is 3.00 bits per heavy atom. The minimum Gasteiger partial charge on any atom is -0.381 e. The van der Waals surface area contributed by atoms with E-state index in [0.29, 0.717) is 35.6 Å². The van der Waals surface area contributed by atoms with Gasteiger partial charge in [-0.25, -0.2) is 0 Å². The fraction of sp³-hybridized carbons (Fsp3) is 0.526. The molecule has 0 saturated carbocycles. The lowest BCUT2D eigenvalue weighted by molar-refractivity contribution is 0.181. The van der Waals surface area contributed by atoms with Crippen LogP contribution in [0.2, 0.25) is 5.02 Å². The number of hydrogen-bond acceptors (Lipinski definition) is 5. The smallest absolute Gasteiger partial charge is 0.228 e. The van der Waals surface area contributed by atoms with Gasteiger partial charge in [-0.15, -0.1) is 24.0 Å². The van der Waals surface area contributed by atoms with E-state index in [1.165, 1.54) is 0 Å². The van der Waals surface area contributed by atoms with Crippen LogP contribution in [0.15, 0.2) is 33.8 Å². The normalized spacial score (nSPS) is 16.7. The zero-order valence-corrected chi connectivity index (χ0v) is 19.3. The van der Waals surface area contributed by atoms with E-state index in [1.807, 2.05) is 24.3 Å². The zero-order chi connectivity index (χ0) is 19.1. The predicted molar refractivity (Wildman–Crippen MR) is 121 cm³/mol. The molecule has 1 aromatic heterocycles. The molecule has 1 unspecified atom stereocenters. The molecular weight excluding hydrogens is 493 g/mol. The number of nitrogens with one attached hydrogen (secondary N) is 1. The first-order valence-electron chi connectivity index (χ1n) is 9.31. The molecular formula is C19H27ClIN5O2. The van der Waals surface area contributed by atoms with E-state index in [4.69, 9.17) is 20.9 Å². The lowest BCUT2D eigenvalue weighted by atomic mass is 10.1. The van der Waals surface area contributed by atoms with Crippen molar-refractivity contribution < 1.29 is 9.26 Å². The standard InChI is InChI=1S/C19H26ClN5O2.HI/c1-3-21-19(25(2)12-14-8-10-26-13-14)22-9-7-17-23-18(24-27-17)15-5-4-6-16(20)11-15;/h4-6,11,14H,3,7-10,12-13H2,1-2H3,(H,21,22);1H. The summed E-state index contributed by atoms with van der Waals surface area (Å²) in [5.74, 6) is 2.56. The molecule has 1 aliphatic rings. The fourth-order valence-electron chi connectivity index (χ4n) is 3.03. The van der Waals surface area contributed by atoms with Gasteiger partial charge in [-0.05, 0) is 25.5 Å². The first-order chi connectivity index (χ1) is 13.2. The van der Waals surface area contributed by atoms with E-state index in [0.717, 1.165) is 44.2 Å². The number of halogens is 2. The molecule has 9 heteroatoms. The Labute approximate surface area is 187 Å². The molecule has 1 fully saturated rings. The molecule has 1 saturated heterocycles. The Hall–Kier alpha value is -1.39. The second-order valence-corrected chi connectivity index (χ2v) is 7.05. The van der Waals surface area contributed by atoms with Crippen molar-refractivity contribution >= 4 is 41.5 Å². The van der Waals surface area contributed by atoms with Crippen molar-refractivity contribution in [2.75, 3.05) is 39.9 Å². The van der Waals surface area contributed by atoms with Gasteiger partial charge in [0.05, 0.1) is 13.2 Å². The zero-order valence-electron chi connectivity index (χ0n) is 16.2. The summed E-state index contributed by atoms with van der Waals surface area (Å²) < 4.78 is 10.8. The molecule has 7 nitrogen and oxygen atoms in total. The summed E-state index contributed by atoms with van der Waals surface area (Å²) in [6.45, 7) is 6.09. The molecule has 0 aliphatic carbocycles. The van der Waals surface area contributed by atoms with Crippen LogP contribution in [0.4, 0.5) is 0 Å². The third-order valence-corrected chi connectivity index (χ3v) is 4.63. The van der Waals surface area contributed by atoms with Crippen molar-refractivity contribution in [2.24, 2.45) is 10.9 Å². The minimum absolute atomic E-state index is 0. The van der Waals surface area contributed by atoms with Crippen molar-refractivity contribution in [3.63, 3.8) is 0 Å². The molecule has 1 N–H and O–H groups in total. The lowest BCUT2D eigenvalue weighted by Gasteiger charge is -2.24. The molecule has 28 heavy (non-hydrogen) atoms. The first-order valence-corrected chi connectivity index (χ1v) is 9.69. The second-order valence-electron chi connectivity index (χ2n) is 6.62. The average Bonchev–Trinajstić information content (AvgIpc) is 3.33. The fourth-order valence-corrected chi connectivity index (χ4v) is 3.22. The van der Waals surface area contributed by atoms with Gasteiger partial charge in [-0.1, -0.05) is 28.9 Å². The quantitative estimate of drug-likeness (QED) is 0.343. The molecule has 1 aliphatic heterocycles. The highest BCUT2D eigenvalue weighted by atomic mass is 127.